The molecule has 0 radical (unpaired) electrons. The molecule has 2 rings (SSSR count). The van der Waals surface area contributed by atoms with Crippen LogP contribution in [0.4, 0.5) is 14.5 Å². The fourth-order valence-corrected chi connectivity index (χ4v) is 2.46. The molecule has 1 fully saturated rings. The van der Waals surface area contributed by atoms with Crippen LogP contribution >= 0.6 is 0 Å². The number of carbonyl (C=O) groups is 1. The number of carbonyl (C=O) groups excluding carboxylic acids is 1. The van der Waals surface area contributed by atoms with Gasteiger partial charge < -0.3 is 14.8 Å². The first kappa shape index (κ1) is 16.6. The number of piperidine rings is 1. The van der Waals surface area contributed by atoms with Gasteiger partial charge in [-0.05, 0) is 25.0 Å². The molecule has 1 aliphatic heterocycles. The smallest absolute Gasteiger partial charge is 0.387 e. The second-order valence-electron chi connectivity index (χ2n) is 5.13. The molecular weight excluding hydrogens is 294 g/mol. The van der Waals surface area contributed by atoms with E-state index in [2.05, 4.69) is 10.1 Å². The highest BCUT2D eigenvalue weighted by Crippen LogP contribution is 2.25. The highest BCUT2D eigenvalue weighted by molar-refractivity contribution is 5.93. The van der Waals surface area contributed by atoms with Gasteiger partial charge >= 0.3 is 6.61 Å². The van der Waals surface area contributed by atoms with E-state index in [-0.39, 0.29) is 30.0 Å². The maximum Gasteiger partial charge on any atom is 0.387 e. The van der Waals surface area contributed by atoms with Crippen LogP contribution in [0.3, 0.4) is 0 Å². The van der Waals surface area contributed by atoms with Crippen molar-refractivity contribution >= 4 is 11.6 Å². The monoisotopic (exact) mass is 314 g/mol. The lowest BCUT2D eigenvalue weighted by Gasteiger charge is -2.30. The quantitative estimate of drug-likeness (QED) is 0.875. The van der Waals surface area contributed by atoms with Crippen molar-refractivity contribution in [3.8, 4) is 5.75 Å². The predicted molar refractivity (Wildman–Crippen MR) is 78.2 cm³/mol. The number of hydrogen-bond donors (Lipinski definition) is 1. The Balaban J connectivity index is 1.87. The molecule has 0 aliphatic carbocycles. The van der Waals surface area contributed by atoms with Crippen molar-refractivity contribution in [2.45, 2.75) is 25.6 Å². The molecular formula is C15H20F2N2O3. The van der Waals surface area contributed by atoms with Gasteiger partial charge in [-0.3, -0.25) is 9.69 Å². The van der Waals surface area contributed by atoms with E-state index < -0.39 is 6.61 Å². The van der Waals surface area contributed by atoms with E-state index in [9.17, 15) is 13.6 Å². The molecule has 1 saturated heterocycles. The van der Waals surface area contributed by atoms with Crippen molar-refractivity contribution in [1.29, 1.82) is 0 Å². The highest BCUT2D eigenvalue weighted by Gasteiger charge is 2.21. The Hall–Kier alpha value is -1.73. The van der Waals surface area contributed by atoms with Crippen LogP contribution in [0.15, 0.2) is 24.3 Å². The molecule has 1 aromatic carbocycles. The van der Waals surface area contributed by atoms with Crippen molar-refractivity contribution in [2.24, 2.45) is 0 Å². The first-order valence-corrected chi connectivity index (χ1v) is 7.17. The number of para-hydroxylation sites is 2. The third-order valence-electron chi connectivity index (χ3n) is 3.61. The number of nitrogens with zero attached hydrogens (tertiary/aromatic N) is 1. The van der Waals surface area contributed by atoms with Gasteiger partial charge in [-0.25, -0.2) is 0 Å². The molecule has 0 spiro atoms. The number of benzene rings is 1. The zero-order chi connectivity index (χ0) is 15.9. The Morgan fingerprint density at radius 2 is 2.05 bits per heavy atom. The minimum absolute atomic E-state index is 0.0380. The molecule has 1 aliphatic rings. The lowest BCUT2D eigenvalue weighted by Crippen LogP contribution is -2.41. The normalized spacial score (nSPS) is 16.7. The van der Waals surface area contributed by atoms with Gasteiger partial charge in [0, 0.05) is 20.2 Å². The van der Waals surface area contributed by atoms with Gasteiger partial charge in [-0.15, -0.1) is 0 Å². The predicted octanol–water partition coefficient (Wildman–Crippen LogP) is 2.34. The molecule has 7 heteroatoms. The van der Waals surface area contributed by atoms with Gasteiger partial charge in [0.1, 0.15) is 5.75 Å². The fourth-order valence-electron chi connectivity index (χ4n) is 2.46. The fraction of sp³-hybridized carbons (Fsp3) is 0.533. The van der Waals surface area contributed by atoms with Crippen LogP contribution in [0.25, 0.3) is 0 Å². The number of amides is 1. The average Bonchev–Trinajstić information content (AvgIpc) is 2.49. The molecule has 22 heavy (non-hydrogen) atoms. The van der Waals surface area contributed by atoms with Crippen LogP contribution < -0.4 is 10.1 Å². The highest BCUT2D eigenvalue weighted by atomic mass is 19.3. The third kappa shape index (κ3) is 4.92. The molecule has 1 amide bonds. The van der Waals surface area contributed by atoms with E-state index in [1.807, 2.05) is 4.90 Å². The summed E-state index contributed by atoms with van der Waals surface area (Å²) in [5.41, 5.74) is 0.250. The molecule has 0 bridgehead atoms. The second-order valence-corrected chi connectivity index (χ2v) is 5.13. The van der Waals surface area contributed by atoms with E-state index in [1.54, 1.807) is 19.2 Å². The maximum absolute atomic E-state index is 12.3. The van der Waals surface area contributed by atoms with Crippen LogP contribution in [0, 0.1) is 0 Å². The van der Waals surface area contributed by atoms with Crippen LogP contribution in [0.1, 0.15) is 12.8 Å². The van der Waals surface area contributed by atoms with E-state index >= 15 is 0 Å². The van der Waals surface area contributed by atoms with Gasteiger partial charge in [0.05, 0.1) is 18.3 Å². The minimum atomic E-state index is -2.92. The summed E-state index contributed by atoms with van der Waals surface area (Å²) in [5.74, 6) is -0.287. The van der Waals surface area contributed by atoms with Gasteiger partial charge in [-0.2, -0.15) is 8.78 Å². The Bertz CT molecular complexity index is 491. The van der Waals surface area contributed by atoms with Crippen molar-refractivity contribution in [2.75, 3.05) is 32.1 Å². The Kier molecular flexibility index (Phi) is 6.09. The topological polar surface area (TPSA) is 50.8 Å². The first-order valence-electron chi connectivity index (χ1n) is 7.17. The summed E-state index contributed by atoms with van der Waals surface area (Å²) >= 11 is 0. The molecule has 1 heterocycles. The number of halogens is 2. The SMILES string of the molecule is COC1CCN(CC(=O)Nc2ccccc2OC(F)F)CC1. The van der Waals surface area contributed by atoms with Crippen LogP contribution in [0.5, 0.6) is 5.75 Å². The Labute approximate surface area is 128 Å². The number of alkyl halides is 2. The summed E-state index contributed by atoms with van der Waals surface area (Å²) in [5, 5.41) is 2.62. The number of nitrogens with one attached hydrogen (secondary N) is 1. The maximum atomic E-state index is 12.3. The molecule has 5 nitrogen and oxygen atoms in total. The van der Waals surface area contributed by atoms with Crippen molar-refractivity contribution < 1.29 is 23.0 Å². The lowest BCUT2D eigenvalue weighted by molar-refractivity contribution is -0.118. The molecule has 0 unspecified atom stereocenters. The number of methoxy groups -OCH3 is 1. The Morgan fingerprint density at radius 1 is 1.36 bits per heavy atom. The van der Waals surface area contributed by atoms with Gasteiger partial charge in [0.15, 0.2) is 0 Å². The summed E-state index contributed by atoms with van der Waals surface area (Å²) in [6, 6.07) is 6.15. The lowest BCUT2D eigenvalue weighted by atomic mass is 10.1. The first-order chi connectivity index (χ1) is 10.6. The van der Waals surface area contributed by atoms with Crippen LogP contribution in [-0.2, 0) is 9.53 Å². The van der Waals surface area contributed by atoms with Gasteiger partial charge in [0.2, 0.25) is 5.91 Å². The standard InChI is InChI=1S/C15H20F2N2O3/c1-21-11-6-8-19(9-7-11)10-14(20)18-12-4-2-3-5-13(12)22-15(16)17/h2-5,11,15H,6-10H2,1H3,(H,18,20). The molecule has 0 saturated carbocycles. The van der Waals surface area contributed by atoms with Crippen molar-refractivity contribution in [3.05, 3.63) is 24.3 Å². The van der Waals surface area contributed by atoms with E-state index in [0.29, 0.717) is 0 Å². The summed E-state index contributed by atoms with van der Waals surface area (Å²) in [6.45, 7) is -1.15. The molecule has 122 valence electrons. The Morgan fingerprint density at radius 3 is 2.68 bits per heavy atom. The molecule has 0 aromatic heterocycles. The van der Waals surface area contributed by atoms with Gasteiger partial charge in [0.25, 0.3) is 0 Å². The number of likely N-dealkylation sites (tertiary alicyclic amines) is 1. The number of rotatable bonds is 6. The molecule has 1 aromatic rings. The summed E-state index contributed by atoms with van der Waals surface area (Å²) in [4.78, 5) is 14.1. The van der Waals surface area contributed by atoms with E-state index in [1.165, 1.54) is 12.1 Å². The second kappa shape index (κ2) is 8.05. The summed E-state index contributed by atoms with van der Waals surface area (Å²) in [6.07, 6.45) is 2.02. The van der Waals surface area contributed by atoms with Crippen LogP contribution in [0.2, 0.25) is 0 Å². The van der Waals surface area contributed by atoms with E-state index in [4.69, 9.17) is 4.74 Å². The number of hydrogen-bond acceptors (Lipinski definition) is 4. The van der Waals surface area contributed by atoms with E-state index in [0.717, 1.165) is 25.9 Å². The molecule has 0 atom stereocenters. The summed E-state index contributed by atoms with van der Waals surface area (Å²) < 4.78 is 34.3. The van der Waals surface area contributed by atoms with Crippen LogP contribution in [-0.4, -0.2) is 50.3 Å². The summed E-state index contributed by atoms with van der Waals surface area (Å²) in [7, 11) is 1.69. The number of anilines is 1. The van der Waals surface area contributed by atoms with Crippen molar-refractivity contribution in [1.82, 2.24) is 4.90 Å². The largest absolute Gasteiger partial charge is 0.433 e. The van der Waals surface area contributed by atoms with Crippen molar-refractivity contribution in [3.63, 3.8) is 0 Å². The molecule has 1 N–H and O–H groups in total. The number of ether oxygens (including phenoxy) is 2. The average molecular weight is 314 g/mol. The third-order valence-corrected chi connectivity index (χ3v) is 3.61. The zero-order valence-electron chi connectivity index (χ0n) is 12.4. The zero-order valence-corrected chi connectivity index (χ0v) is 12.4. The van der Waals surface area contributed by atoms with Gasteiger partial charge in [-0.1, -0.05) is 12.1 Å². The minimum Gasteiger partial charge on any atom is -0.433 e.